The Hall–Kier alpha value is -0.580. The molecule has 0 saturated heterocycles. The third-order valence-electron chi connectivity index (χ3n) is 0.444. The van der Waals surface area contributed by atoms with Gasteiger partial charge in [-0.2, -0.15) is 0 Å². The first-order valence-electron chi connectivity index (χ1n) is 1.75. The van der Waals surface area contributed by atoms with Crippen LogP contribution >= 0.6 is 12.6 Å². The molecule has 0 atom stereocenters. The molecule has 0 N–H and O–H groups in total. The Morgan fingerprint density at radius 1 is 1.62 bits per heavy atom. The summed E-state index contributed by atoms with van der Waals surface area (Å²) in [6, 6.07) is 0. The zero-order valence-electron chi connectivity index (χ0n) is 4.09. The van der Waals surface area contributed by atoms with Gasteiger partial charge in [-0.25, -0.2) is 0 Å². The molecule has 0 heterocycles. The number of carbonyl (C=O) groups excluding carboxylic acids is 2. The Labute approximate surface area is 50.8 Å². The maximum atomic E-state index is 11.7. The van der Waals surface area contributed by atoms with Crippen molar-refractivity contribution < 1.29 is 14.1 Å². The lowest BCUT2D eigenvalue weighted by molar-refractivity contribution is -0.135. The van der Waals surface area contributed by atoms with Crippen molar-refractivity contribution in [1.82, 2.24) is 5.12 Å². The van der Waals surface area contributed by atoms with E-state index in [2.05, 4.69) is 12.6 Å². The molecule has 0 rings (SSSR count). The van der Waals surface area contributed by atoms with Crippen LogP contribution in [0.1, 0.15) is 6.92 Å². The van der Waals surface area contributed by atoms with E-state index in [-0.39, 0.29) is 0 Å². The van der Waals surface area contributed by atoms with Crippen molar-refractivity contribution in [2.24, 2.45) is 0 Å². The highest BCUT2D eigenvalue weighted by Gasteiger charge is 2.11. The summed E-state index contributed by atoms with van der Waals surface area (Å²) >= 11 is 3.02. The van der Waals surface area contributed by atoms with Crippen molar-refractivity contribution in [3.63, 3.8) is 0 Å². The van der Waals surface area contributed by atoms with Crippen LogP contribution in [0.3, 0.4) is 0 Å². The molecule has 0 fully saturated rings. The first-order chi connectivity index (χ1) is 3.55. The van der Waals surface area contributed by atoms with Crippen molar-refractivity contribution in [3.8, 4) is 0 Å². The molecular formula is C3H4FNO2S. The van der Waals surface area contributed by atoms with Crippen LogP contribution < -0.4 is 0 Å². The molecule has 2 amide bonds. The van der Waals surface area contributed by atoms with Gasteiger partial charge in [0.2, 0.25) is 0 Å². The van der Waals surface area contributed by atoms with Crippen LogP contribution in [-0.2, 0) is 4.79 Å². The SMILES string of the molecule is CC(=O)N(F)C(=O)S. The van der Waals surface area contributed by atoms with E-state index >= 15 is 0 Å². The minimum absolute atomic E-state index is 0.580. The Morgan fingerprint density at radius 3 is 2.00 bits per heavy atom. The molecule has 0 aliphatic heterocycles. The summed E-state index contributed by atoms with van der Waals surface area (Å²) in [6.45, 7) is 0.925. The summed E-state index contributed by atoms with van der Waals surface area (Å²) in [5, 5.41) is -1.78. The predicted molar refractivity (Wildman–Crippen MR) is 28.0 cm³/mol. The highest BCUT2D eigenvalue weighted by atomic mass is 32.1. The van der Waals surface area contributed by atoms with Gasteiger partial charge in [-0.3, -0.25) is 9.59 Å². The summed E-state index contributed by atoms with van der Waals surface area (Å²) in [5.41, 5.74) is 0. The summed E-state index contributed by atoms with van der Waals surface area (Å²) < 4.78 is 11.7. The normalized spacial score (nSPS) is 8.38. The summed E-state index contributed by atoms with van der Waals surface area (Å²) in [4.78, 5) is 19.6. The van der Waals surface area contributed by atoms with E-state index in [9.17, 15) is 14.1 Å². The minimum atomic E-state index is -1.20. The highest BCUT2D eigenvalue weighted by molar-refractivity contribution is 7.96. The molecule has 0 aromatic rings. The number of amides is 2. The fourth-order valence-corrected chi connectivity index (χ4v) is 0.276. The number of rotatable bonds is 0. The van der Waals surface area contributed by atoms with Crippen molar-refractivity contribution >= 4 is 23.8 Å². The molecule has 0 spiro atoms. The molecule has 0 bridgehead atoms. The molecule has 8 heavy (non-hydrogen) atoms. The van der Waals surface area contributed by atoms with Crippen molar-refractivity contribution in [3.05, 3.63) is 0 Å². The molecule has 3 nitrogen and oxygen atoms in total. The lowest BCUT2D eigenvalue weighted by Gasteiger charge is -1.99. The van der Waals surface area contributed by atoms with Crippen molar-refractivity contribution in [2.75, 3.05) is 0 Å². The van der Waals surface area contributed by atoms with Gasteiger partial charge in [0.15, 0.2) is 0 Å². The van der Waals surface area contributed by atoms with Crippen LogP contribution in [0.2, 0.25) is 0 Å². The first kappa shape index (κ1) is 7.42. The fraction of sp³-hybridized carbons (Fsp3) is 0.333. The van der Waals surface area contributed by atoms with Gasteiger partial charge in [-0.1, -0.05) is 17.1 Å². The maximum Gasteiger partial charge on any atom is 0.313 e. The number of thiol groups is 1. The predicted octanol–water partition coefficient (Wildman–Crippen LogP) is 0.769. The zero-order chi connectivity index (χ0) is 6.73. The van der Waals surface area contributed by atoms with E-state index < -0.39 is 16.3 Å². The van der Waals surface area contributed by atoms with Crippen LogP contribution in [-0.4, -0.2) is 16.3 Å². The minimum Gasteiger partial charge on any atom is -0.272 e. The van der Waals surface area contributed by atoms with Gasteiger partial charge >= 0.3 is 5.24 Å². The average molecular weight is 137 g/mol. The molecule has 0 radical (unpaired) electrons. The maximum absolute atomic E-state index is 11.7. The lowest BCUT2D eigenvalue weighted by atomic mass is 10.7. The van der Waals surface area contributed by atoms with Crippen LogP contribution in [0.4, 0.5) is 9.28 Å². The summed E-state index contributed by atoms with van der Waals surface area (Å²) in [7, 11) is 0. The molecule has 0 saturated carbocycles. The van der Waals surface area contributed by atoms with Crippen LogP contribution in [0.5, 0.6) is 0 Å². The third kappa shape index (κ3) is 1.92. The van der Waals surface area contributed by atoms with E-state index in [1.807, 2.05) is 0 Å². The van der Waals surface area contributed by atoms with Crippen molar-refractivity contribution in [2.45, 2.75) is 6.92 Å². The van der Waals surface area contributed by atoms with Gasteiger partial charge in [0.1, 0.15) is 0 Å². The van der Waals surface area contributed by atoms with Gasteiger partial charge in [-0.15, -0.1) is 5.12 Å². The number of carbonyl (C=O) groups is 2. The van der Waals surface area contributed by atoms with Gasteiger partial charge in [0.25, 0.3) is 5.91 Å². The second-order valence-corrected chi connectivity index (χ2v) is 1.47. The summed E-state index contributed by atoms with van der Waals surface area (Å²) in [6.07, 6.45) is 0. The van der Waals surface area contributed by atoms with Gasteiger partial charge in [0, 0.05) is 6.92 Å². The van der Waals surface area contributed by atoms with Gasteiger partial charge in [0.05, 0.1) is 0 Å². The summed E-state index contributed by atoms with van der Waals surface area (Å²) in [5.74, 6) is -0.968. The Bertz CT molecular complexity index is 112. The Morgan fingerprint density at radius 2 is 2.00 bits per heavy atom. The first-order valence-corrected chi connectivity index (χ1v) is 2.20. The molecular weight excluding hydrogens is 133 g/mol. The van der Waals surface area contributed by atoms with Crippen LogP contribution in [0.15, 0.2) is 0 Å². The van der Waals surface area contributed by atoms with Gasteiger partial charge < -0.3 is 0 Å². The standard InChI is InChI=1S/C3H4FNO2S/c1-2(6)5(4)3(7)8/h1H3,(H,7,8). The molecule has 5 heteroatoms. The number of hydrogen-bond donors (Lipinski definition) is 1. The highest BCUT2D eigenvalue weighted by Crippen LogP contribution is 1.95. The van der Waals surface area contributed by atoms with E-state index in [0.29, 0.717) is 0 Å². The smallest absolute Gasteiger partial charge is 0.272 e. The monoisotopic (exact) mass is 137 g/mol. The number of nitrogens with zero attached hydrogens (tertiary/aromatic N) is 1. The molecule has 0 aliphatic carbocycles. The van der Waals surface area contributed by atoms with E-state index in [1.165, 1.54) is 0 Å². The topological polar surface area (TPSA) is 37.4 Å². The van der Waals surface area contributed by atoms with E-state index in [1.54, 1.807) is 0 Å². The Balaban J connectivity index is 3.83. The molecule has 0 aliphatic rings. The number of halogens is 1. The number of imide groups is 1. The lowest BCUT2D eigenvalue weighted by Crippen LogP contribution is -2.21. The molecule has 0 aromatic heterocycles. The van der Waals surface area contributed by atoms with E-state index in [0.717, 1.165) is 6.92 Å². The molecule has 0 unspecified atom stereocenters. The van der Waals surface area contributed by atoms with Gasteiger partial charge in [-0.05, 0) is 0 Å². The van der Waals surface area contributed by atoms with E-state index in [4.69, 9.17) is 0 Å². The molecule has 46 valence electrons. The fourth-order valence-electron chi connectivity index (χ4n) is 0.135. The second-order valence-electron chi connectivity index (χ2n) is 1.08. The largest absolute Gasteiger partial charge is 0.313 e. The van der Waals surface area contributed by atoms with Crippen molar-refractivity contribution in [1.29, 1.82) is 0 Å². The molecule has 0 aromatic carbocycles. The second kappa shape index (κ2) is 2.66. The van der Waals surface area contributed by atoms with Crippen LogP contribution in [0, 0.1) is 0 Å². The Kier molecular flexibility index (Phi) is 2.47. The third-order valence-corrected chi connectivity index (χ3v) is 0.620. The zero-order valence-corrected chi connectivity index (χ0v) is 4.98. The van der Waals surface area contributed by atoms with Crippen LogP contribution in [0.25, 0.3) is 0 Å². The quantitative estimate of drug-likeness (QED) is 0.395. The average Bonchev–Trinajstić information content (AvgIpc) is 1.64. The number of hydrogen-bond acceptors (Lipinski definition) is 2.